The Kier molecular flexibility index (Phi) is 10.6. The molecule has 0 spiro atoms. The third kappa shape index (κ3) is 6.93. The zero-order valence-corrected chi connectivity index (χ0v) is 24.0. The molecule has 0 atom stereocenters. The summed E-state index contributed by atoms with van der Waals surface area (Å²) in [7, 11) is 2.34. The van der Waals surface area contributed by atoms with E-state index in [1.165, 1.54) is 10.4 Å². The summed E-state index contributed by atoms with van der Waals surface area (Å²) in [4.78, 5) is 0. The summed E-state index contributed by atoms with van der Waals surface area (Å²) in [5.74, 6) is 1.84. The van der Waals surface area contributed by atoms with Gasteiger partial charge in [-0.3, -0.25) is 0 Å². The van der Waals surface area contributed by atoms with Gasteiger partial charge in [0.25, 0.3) is 0 Å². The lowest BCUT2D eigenvalue weighted by molar-refractivity contribution is 0.0419. The highest BCUT2D eigenvalue weighted by Gasteiger charge is 2.52. The van der Waals surface area contributed by atoms with Crippen molar-refractivity contribution in [1.29, 1.82) is 0 Å². The number of methoxy groups -OCH3 is 2. The topological polar surface area (TPSA) is 58.2 Å². The van der Waals surface area contributed by atoms with Gasteiger partial charge in [0.15, 0.2) is 11.5 Å². The second-order valence-corrected chi connectivity index (χ2v) is 14.1. The van der Waals surface area contributed by atoms with Gasteiger partial charge in [-0.2, -0.15) is 0 Å². The molecule has 3 aromatic carbocycles. The van der Waals surface area contributed by atoms with Gasteiger partial charge in [-0.25, -0.2) is 0 Å². The number of hydrogen-bond donors (Lipinski definition) is 1. The lowest BCUT2D eigenvalue weighted by Gasteiger charge is -2.43. The van der Waals surface area contributed by atoms with E-state index in [9.17, 15) is 0 Å². The van der Waals surface area contributed by atoms with Crippen LogP contribution < -0.4 is 29.6 Å². The van der Waals surface area contributed by atoms with Crippen molar-refractivity contribution in [3.63, 3.8) is 0 Å². The van der Waals surface area contributed by atoms with E-state index in [0.29, 0.717) is 43.7 Å². The van der Waals surface area contributed by atoms with Crippen molar-refractivity contribution < 1.29 is 23.4 Å². The Balaban J connectivity index is 2.02. The van der Waals surface area contributed by atoms with Crippen LogP contribution in [-0.4, -0.2) is 56.0 Å². The van der Waals surface area contributed by atoms with Crippen molar-refractivity contribution in [2.75, 3.05) is 47.6 Å². The Labute approximate surface area is 223 Å². The SMILES string of the molecule is CNCCOCCOCc1cc(OC)c(OC)c(O[Si](c2ccccc2)(c2ccccc2)C(C)(C)C)c1. The smallest absolute Gasteiger partial charge is 0.320 e. The summed E-state index contributed by atoms with van der Waals surface area (Å²) in [5.41, 5.74) is 0.945. The fraction of sp³-hybridized carbons (Fsp3) is 0.400. The molecule has 0 radical (unpaired) electrons. The third-order valence-electron chi connectivity index (χ3n) is 6.32. The Morgan fingerprint density at radius 1 is 0.730 bits per heavy atom. The van der Waals surface area contributed by atoms with Crippen molar-refractivity contribution in [1.82, 2.24) is 5.32 Å². The van der Waals surface area contributed by atoms with E-state index in [1.54, 1.807) is 14.2 Å². The fourth-order valence-electron chi connectivity index (χ4n) is 4.54. The van der Waals surface area contributed by atoms with Gasteiger partial charge in [-0.05, 0) is 40.2 Å². The van der Waals surface area contributed by atoms with Gasteiger partial charge < -0.3 is 28.7 Å². The number of ether oxygens (including phenoxy) is 4. The zero-order valence-electron chi connectivity index (χ0n) is 23.0. The Bertz CT molecular complexity index is 1050. The normalized spacial score (nSPS) is 11.8. The fourth-order valence-corrected chi connectivity index (χ4v) is 8.95. The molecular weight excluding hydrogens is 482 g/mol. The largest absolute Gasteiger partial charge is 0.531 e. The van der Waals surface area contributed by atoms with E-state index < -0.39 is 8.32 Å². The summed E-state index contributed by atoms with van der Waals surface area (Å²) >= 11 is 0. The van der Waals surface area contributed by atoms with Crippen LogP contribution in [0.5, 0.6) is 17.2 Å². The van der Waals surface area contributed by atoms with Crippen LogP contribution in [0.4, 0.5) is 0 Å². The van der Waals surface area contributed by atoms with Crippen LogP contribution in [0.25, 0.3) is 0 Å². The maximum Gasteiger partial charge on any atom is 0.320 e. The molecule has 0 aromatic heterocycles. The average molecular weight is 524 g/mol. The monoisotopic (exact) mass is 523 g/mol. The number of hydrogen-bond acceptors (Lipinski definition) is 6. The van der Waals surface area contributed by atoms with Gasteiger partial charge in [-0.1, -0.05) is 81.4 Å². The van der Waals surface area contributed by atoms with Gasteiger partial charge in [0.05, 0.1) is 40.6 Å². The Morgan fingerprint density at radius 2 is 1.30 bits per heavy atom. The molecule has 7 heteroatoms. The molecule has 0 aliphatic carbocycles. The molecule has 0 saturated heterocycles. The minimum absolute atomic E-state index is 0.189. The Hall–Kier alpha value is -2.84. The van der Waals surface area contributed by atoms with Crippen molar-refractivity contribution in [3.05, 3.63) is 78.4 Å². The molecule has 0 saturated carbocycles. The van der Waals surface area contributed by atoms with Crippen molar-refractivity contribution >= 4 is 18.7 Å². The molecule has 3 rings (SSSR count). The molecule has 37 heavy (non-hydrogen) atoms. The highest BCUT2D eigenvalue weighted by Crippen LogP contribution is 2.44. The zero-order chi connectivity index (χ0) is 26.7. The van der Waals surface area contributed by atoms with Gasteiger partial charge in [-0.15, -0.1) is 0 Å². The van der Waals surface area contributed by atoms with Gasteiger partial charge in [0, 0.05) is 6.54 Å². The Morgan fingerprint density at radius 3 is 1.81 bits per heavy atom. The first-order valence-electron chi connectivity index (χ1n) is 12.7. The summed E-state index contributed by atoms with van der Waals surface area (Å²) in [6, 6.07) is 25.1. The van der Waals surface area contributed by atoms with Gasteiger partial charge in [0.1, 0.15) is 0 Å². The summed E-state index contributed by atoms with van der Waals surface area (Å²) in [5, 5.41) is 5.26. The van der Waals surface area contributed by atoms with E-state index in [0.717, 1.165) is 12.1 Å². The molecule has 200 valence electrons. The predicted molar refractivity (Wildman–Crippen MR) is 152 cm³/mol. The number of nitrogens with one attached hydrogen (secondary N) is 1. The molecule has 0 aliphatic heterocycles. The number of likely N-dealkylation sites (N-methyl/N-ethyl adjacent to an activating group) is 1. The quantitative estimate of drug-likeness (QED) is 0.250. The third-order valence-corrected chi connectivity index (χ3v) is 11.3. The van der Waals surface area contributed by atoms with Crippen LogP contribution in [0.3, 0.4) is 0 Å². The molecule has 0 aliphatic rings. The maximum absolute atomic E-state index is 7.26. The summed E-state index contributed by atoms with van der Waals surface area (Å²) in [6.07, 6.45) is 0. The first kappa shape index (κ1) is 28.7. The maximum atomic E-state index is 7.26. The van der Waals surface area contributed by atoms with Crippen molar-refractivity contribution in [3.8, 4) is 17.2 Å². The highest BCUT2D eigenvalue weighted by atomic mass is 28.4. The van der Waals surface area contributed by atoms with Crippen LogP contribution in [-0.2, 0) is 16.1 Å². The number of benzene rings is 3. The predicted octanol–water partition coefficient (Wildman–Crippen LogP) is 4.40. The molecule has 0 heterocycles. The molecule has 0 fully saturated rings. The van der Waals surface area contributed by atoms with Crippen molar-refractivity contribution in [2.24, 2.45) is 0 Å². The molecular formula is C30H41NO5Si. The summed E-state index contributed by atoms with van der Waals surface area (Å²) in [6.45, 7) is 9.69. The van der Waals surface area contributed by atoms with Gasteiger partial charge in [0.2, 0.25) is 5.75 Å². The minimum atomic E-state index is -2.86. The average Bonchev–Trinajstić information content (AvgIpc) is 2.91. The lowest BCUT2D eigenvalue weighted by atomic mass is 10.2. The van der Waals surface area contributed by atoms with E-state index in [4.69, 9.17) is 23.4 Å². The van der Waals surface area contributed by atoms with E-state index in [-0.39, 0.29) is 5.04 Å². The molecule has 0 unspecified atom stereocenters. The minimum Gasteiger partial charge on any atom is -0.531 e. The number of rotatable bonds is 14. The first-order valence-corrected chi connectivity index (χ1v) is 14.6. The lowest BCUT2D eigenvalue weighted by Crippen LogP contribution is -2.68. The molecule has 1 N–H and O–H groups in total. The van der Waals surface area contributed by atoms with Crippen LogP contribution in [0.2, 0.25) is 5.04 Å². The first-order chi connectivity index (χ1) is 17.9. The van der Waals surface area contributed by atoms with Crippen LogP contribution in [0, 0.1) is 0 Å². The van der Waals surface area contributed by atoms with Gasteiger partial charge >= 0.3 is 8.32 Å². The standard InChI is InChI=1S/C30H41NO5Si/c1-30(2,3)37(25-13-9-7-10-14-25,26-15-11-8-12-16-26)36-28-22-24(21-27(32-5)29(28)33-6)23-35-20-19-34-18-17-31-4/h7-16,21-22,31H,17-20,23H2,1-6H3. The molecule has 6 nitrogen and oxygen atoms in total. The summed E-state index contributed by atoms with van der Waals surface area (Å²) < 4.78 is 30.3. The molecule has 0 amide bonds. The highest BCUT2D eigenvalue weighted by molar-refractivity contribution is 7.00. The van der Waals surface area contributed by atoms with E-state index in [2.05, 4.69) is 74.6 Å². The molecule has 0 bridgehead atoms. The van der Waals surface area contributed by atoms with Crippen molar-refractivity contribution in [2.45, 2.75) is 32.4 Å². The van der Waals surface area contributed by atoms with Crippen LogP contribution in [0.1, 0.15) is 26.3 Å². The molecule has 3 aromatic rings. The van der Waals surface area contributed by atoms with E-state index in [1.807, 2.05) is 31.3 Å². The van der Waals surface area contributed by atoms with E-state index >= 15 is 0 Å². The second kappa shape index (κ2) is 13.6. The van der Waals surface area contributed by atoms with Crippen LogP contribution in [0.15, 0.2) is 72.8 Å². The van der Waals surface area contributed by atoms with Crippen LogP contribution >= 0.6 is 0 Å². The second-order valence-electron chi connectivity index (χ2n) is 9.86.